The van der Waals surface area contributed by atoms with Crippen molar-refractivity contribution in [1.29, 1.82) is 0 Å². The predicted molar refractivity (Wildman–Crippen MR) is 73.1 cm³/mol. The van der Waals surface area contributed by atoms with E-state index in [1.807, 2.05) is 0 Å². The summed E-state index contributed by atoms with van der Waals surface area (Å²) in [6, 6.07) is 0. The van der Waals surface area contributed by atoms with Crippen molar-refractivity contribution in [2.24, 2.45) is 23.2 Å². The smallest absolute Gasteiger partial charge is 0.257 e. The van der Waals surface area contributed by atoms with Crippen molar-refractivity contribution in [2.45, 2.75) is 33.6 Å². The number of likely N-dealkylation sites (tertiary alicyclic amines) is 1. The molecule has 3 atom stereocenters. The molecule has 19 heavy (non-hydrogen) atoms. The Morgan fingerprint density at radius 3 is 2.42 bits per heavy atom. The van der Waals surface area contributed by atoms with E-state index >= 15 is 0 Å². The predicted octanol–water partition coefficient (Wildman–Crippen LogP) is 2.54. The summed E-state index contributed by atoms with van der Waals surface area (Å²) in [5.41, 5.74) is 1.87. The van der Waals surface area contributed by atoms with E-state index in [1.54, 1.807) is 6.08 Å². The van der Waals surface area contributed by atoms with Gasteiger partial charge in [0.25, 0.3) is 11.8 Å². The van der Waals surface area contributed by atoms with Crippen LogP contribution < -0.4 is 0 Å². The van der Waals surface area contributed by atoms with E-state index in [9.17, 15) is 9.59 Å². The van der Waals surface area contributed by atoms with Crippen LogP contribution in [-0.4, -0.2) is 23.3 Å². The lowest BCUT2D eigenvalue weighted by Gasteiger charge is -2.34. The first-order valence-electron chi connectivity index (χ1n) is 7.07. The van der Waals surface area contributed by atoms with Gasteiger partial charge in [-0.3, -0.25) is 14.5 Å². The molecule has 0 radical (unpaired) electrons. The normalized spacial score (nSPS) is 33.4. The first kappa shape index (κ1) is 12.6. The number of amides is 2. The Morgan fingerprint density at radius 1 is 1.21 bits per heavy atom. The number of imide groups is 1. The Bertz CT molecular complexity index is 509. The third-order valence-corrected chi connectivity index (χ3v) is 5.01. The maximum Gasteiger partial charge on any atom is 0.257 e. The molecule has 2 amide bonds. The van der Waals surface area contributed by atoms with E-state index in [0.717, 1.165) is 24.0 Å². The second kappa shape index (κ2) is 3.81. The Balaban J connectivity index is 1.96. The maximum atomic E-state index is 12.4. The summed E-state index contributed by atoms with van der Waals surface area (Å²) in [5, 5.41) is 0. The number of fused-ring (bicyclic) bond motifs is 4. The molecule has 0 aromatic carbocycles. The van der Waals surface area contributed by atoms with Gasteiger partial charge in [0.2, 0.25) is 0 Å². The SMILES string of the molecule is C=CCN1C(=O)C2=C(C1=O)C1CC2CC1C(C)(C)C. The molecule has 0 saturated heterocycles. The molecule has 3 nitrogen and oxygen atoms in total. The van der Waals surface area contributed by atoms with Crippen LogP contribution in [0.5, 0.6) is 0 Å². The fourth-order valence-corrected chi connectivity index (χ4v) is 4.21. The summed E-state index contributed by atoms with van der Waals surface area (Å²) in [5.74, 6) is 1.03. The minimum Gasteiger partial charge on any atom is -0.271 e. The van der Waals surface area contributed by atoms with Crippen molar-refractivity contribution in [3.8, 4) is 0 Å². The lowest BCUT2D eigenvalue weighted by Crippen LogP contribution is -2.34. The molecule has 3 aliphatic rings. The summed E-state index contributed by atoms with van der Waals surface area (Å²) in [4.78, 5) is 26.1. The van der Waals surface area contributed by atoms with Gasteiger partial charge in [0.05, 0.1) is 0 Å². The number of carbonyl (C=O) groups excluding carboxylic acids is 2. The van der Waals surface area contributed by atoms with Crippen LogP contribution in [-0.2, 0) is 9.59 Å². The van der Waals surface area contributed by atoms with Crippen molar-refractivity contribution in [1.82, 2.24) is 4.90 Å². The van der Waals surface area contributed by atoms with E-state index in [1.165, 1.54) is 4.90 Å². The average molecular weight is 259 g/mol. The van der Waals surface area contributed by atoms with Crippen LogP contribution in [0, 0.1) is 23.2 Å². The molecular formula is C16H21NO2. The zero-order valence-corrected chi connectivity index (χ0v) is 11.9. The second-order valence-electron chi connectivity index (χ2n) is 7.08. The molecule has 0 aromatic rings. The molecule has 1 fully saturated rings. The molecule has 102 valence electrons. The van der Waals surface area contributed by atoms with Crippen LogP contribution in [0.3, 0.4) is 0 Å². The van der Waals surface area contributed by atoms with Crippen LogP contribution in [0.15, 0.2) is 23.8 Å². The van der Waals surface area contributed by atoms with Crippen LogP contribution in [0.25, 0.3) is 0 Å². The summed E-state index contributed by atoms with van der Waals surface area (Å²) in [6.07, 6.45) is 3.70. The van der Waals surface area contributed by atoms with Gasteiger partial charge < -0.3 is 0 Å². The van der Waals surface area contributed by atoms with Crippen LogP contribution in [0.1, 0.15) is 33.6 Å². The molecule has 0 N–H and O–H groups in total. The standard InChI is InChI=1S/C16H21NO2/c1-5-6-17-14(18)12-9-7-10(13(12)15(17)19)11(8-9)16(2,3)4/h5,9-11H,1,6-8H2,2-4H3. The van der Waals surface area contributed by atoms with Crippen molar-refractivity contribution < 1.29 is 9.59 Å². The number of hydrogen-bond donors (Lipinski definition) is 0. The highest BCUT2D eigenvalue weighted by atomic mass is 16.2. The van der Waals surface area contributed by atoms with Gasteiger partial charge in [0, 0.05) is 17.7 Å². The highest BCUT2D eigenvalue weighted by Crippen LogP contribution is 2.59. The largest absolute Gasteiger partial charge is 0.271 e. The molecule has 1 saturated carbocycles. The minimum absolute atomic E-state index is 0.0543. The van der Waals surface area contributed by atoms with E-state index < -0.39 is 0 Å². The molecule has 0 spiro atoms. The molecule has 3 heteroatoms. The van der Waals surface area contributed by atoms with E-state index in [4.69, 9.17) is 0 Å². The quantitative estimate of drug-likeness (QED) is 0.564. The fourth-order valence-electron chi connectivity index (χ4n) is 4.21. The van der Waals surface area contributed by atoms with Gasteiger partial charge in [0.15, 0.2) is 0 Å². The molecule has 3 rings (SSSR count). The van der Waals surface area contributed by atoms with Gasteiger partial charge in [-0.2, -0.15) is 0 Å². The Morgan fingerprint density at radius 2 is 1.84 bits per heavy atom. The second-order valence-corrected chi connectivity index (χ2v) is 7.08. The van der Waals surface area contributed by atoms with Crippen molar-refractivity contribution in [2.75, 3.05) is 6.54 Å². The molecule has 3 unspecified atom stereocenters. The number of nitrogens with zero attached hydrogens (tertiary/aromatic N) is 1. The van der Waals surface area contributed by atoms with Gasteiger partial charge in [-0.25, -0.2) is 0 Å². The monoisotopic (exact) mass is 259 g/mol. The van der Waals surface area contributed by atoms with Crippen molar-refractivity contribution >= 4 is 11.8 Å². The van der Waals surface area contributed by atoms with Gasteiger partial charge >= 0.3 is 0 Å². The zero-order chi connectivity index (χ0) is 13.9. The number of rotatable bonds is 2. The van der Waals surface area contributed by atoms with Crippen LogP contribution >= 0.6 is 0 Å². The average Bonchev–Trinajstić information content (AvgIpc) is 2.95. The minimum atomic E-state index is -0.0558. The van der Waals surface area contributed by atoms with Crippen molar-refractivity contribution in [3.63, 3.8) is 0 Å². The number of carbonyl (C=O) groups is 2. The molecule has 0 aromatic heterocycles. The topological polar surface area (TPSA) is 37.4 Å². The highest BCUT2D eigenvalue weighted by Gasteiger charge is 2.57. The Hall–Kier alpha value is -1.38. The third-order valence-electron chi connectivity index (χ3n) is 5.01. The Labute approximate surface area is 114 Å². The van der Waals surface area contributed by atoms with Crippen molar-refractivity contribution in [3.05, 3.63) is 23.8 Å². The Kier molecular flexibility index (Phi) is 2.54. The molecular weight excluding hydrogens is 238 g/mol. The summed E-state index contributed by atoms with van der Waals surface area (Å²) in [6.45, 7) is 10.7. The third kappa shape index (κ3) is 1.57. The summed E-state index contributed by atoms with van der Waals surface area (Å²) >= 11 is 0. The first-order valence-corrected chi connectivity index (χ1v) is 7.07. The number of hydrogen-bond acceptors (Lipinski definition) is 2. The van der Waals surface area contributed by atoms with Gasteiger partial charge in [-0.05, 0) is 36.0 Å². The van der Waals surface area contributed by atoms with Crippen LogP contribution in [0.4, 0.5) is 0 Å². The molecule has 2 bridgehead atoms. The van der Waals surface area contributed by atoms with Gasteiger partial charge in [-0.15, -0.1) is 6.58 Å². The first-order chi connectivity index (χ1) is 8.86. The lowest BCUT2D eigenvalue weighted by molar-refractivity contribution is -0.137. The fraction of sp³-hybridized carbons (Fsp3) is 0.625. The van der Waals surface area contributed by atoms with Gasteiger partial charge in [0.1, 0.15) is 0 Å². The maximum absolute atomic E-state index is 12.4. The van der Waals surface area contributed by atoms with E-state index in [-0.39, 0.29) is 17.2 Å². The molecule has 1 aliphatic heterocycles. The van der Waals surface area contributed by atoms with E-state index in [0.29, 0.717) is 24.3 Å². The van der Waals surface area contributed by atoms with Crippen LogP contribution in [0.2, 0.25) is 0 Å². The van der Waals surface area contributed by atoms with Gasteiger partial charge in [-0.1, -0.05) is 26.8 Å². The summed E-state index contributed by atoms with van der Waals surface area (Å²) < 4.78 is 0. The van der Waals surface area contributed by atoms with E-state index in [2.05, 4.69) is 27.4 Å². The molecule has 1 heterocycles. The molecule has 2 aliphatic carbocycles. The zero-order valence-electron chi connectivity index (χ0n) is 11.9. The summed E-state index contributed by atoms with van der Waals surface area (Å²) in [7, 11) is 0. The lowest BCUT2D eigenvalue weighted by atomic mass is 9.70. The highest BCUT2D eigenvalue weighted by molar-refractivity contribution is 6.20.